The standard InChI is InChI=1S/C7H9NO2/c9-7-6-4-10-3-5(6)1-2-8-7/h1-2,5-6H,3-4H2,(H,8,9). The second-order valence-electron chi connectivity index (χ2n) is 2.68. The Morgan fingerprint density at radius 1 is 1.60 bits per heavy atom. The maximum atomic E-state index is 11.0. The Kier molecular flexibility index (Phi) is 1.24. The highest BCUT2D eigenvalue weighted by atomic mass is 16.5. The molecular formula is C7H9NO2. The second-order valence-corrected chi connectivity index (χ2v) is 2.68. The zero-order chi connectivity index (χ0) is 6.97. The van der Waals surface area contributed by atoms with E-state index < -0.39 is 0 Å². The third kappa shape index (κ3) is 0.743. The van der Waals surface area contributed by atoms with Gasteiger partial charge in [-0.2, -0.15) is 0 Å². The van der Waals surface area contributed by atoms with Crippen molar-refractivity contribution in [2.75, 3.05) is 13.2 Å². The summed E-state index contributed by atoms with van der Waals surface area (Å²) in [4.78, 5) is 11.0. The van der Waals surface area contributed by atoms with Crippen LogP contribution in [0.4, 0.5) is 0 Å². The van der Waals surface area contributed by atoms with Crippen molar-refractivity contribution in [1.82, 2.24) is 5.32 Å². The van der Waals surface area contributed by atoms with E-state index in [2.05, 4.69) is 5.32 Å². The van der Waals surface area contributed by atoms with Gasteiger partial charge in [-0.25, -0.2) is 0 Å². The molecule has 2 heterocycles. The minimum absolute atomic E-state index is 0.0741. The van der Waals surface area contributed by atoms with Crippen molar-refractivity contribution in [3.8, 4) is 0 Å². The van der Waals surface area contributed by atoms with Crippen molar-refractivity contribution >= 4 is 5.91 Å². The van der Waals surface area contributed by atoms with Crippen LogP contribution in [-0.4, -0.2) is 19.1 Å². The first-order valence-electron chi connectivity index (χ1n) is 3.43. The number of nitrogens with one attached hydrogen (secondary N) is 1. The molecule has 3 nitrogen and oxygen atoms in total. The molecule has 0 radical (unpaired) electrons. The topological polar surface area (TPSA) is 38.3 Å². The lowest BCUT2D eigenvalue weighted by molar-refractivity contribution is -0.125. The van der Waals surface area contributed by atoms with Crippen LogP contribution < -0.4 is 5.32 Å². The van der Waals surface area contributed by atoms with E-state index in [0.717, 1.165) is 0 Å². The fourth-order valence-electron chi connectivity index (χ4n) is 1.39. The molecular weight excluding hydrogens is 130 g/mol. The molecule has 2 aliphatic rings. The third-order valence-corrected chi connectivity index (χ3v) is 2.03. The van der Waals surface area contributed by atoms with Crippen molar-refractivity contribution in [3.05, 3.63) is 12.3 Å². The summed E-state index contributed by atoms with van der Waals surface area (Å²) in [5, 5.41) is 2.65. The van der Waals surface area contributed by atoms with Crippen LogP contribution in [0, 0.1) is 11.8 Å². The Bertz CT molecular complexity index is 188. The molecule has 0 aromatic rings. The van der Waals surface area contributed by atoms with E-state index in [9.17, 15) is 4.79 Å². The van der Waals surface area contributed by atoms with E-state index in [0.29, 0.717) is 19.1 Å². The van der Waals surface area contributed by atoms with Crippen molar-refractivity contribution in [2.24, 2.45) is 11.8 Å². The average molecular weight is 139 g/mol. The van der Waals surface area contributed by atoms with Crippen LogP contribution in [0.3, 0.4) is 0 Å². The molecule has 0 aliphatic carbocycles. The number of fused-ring (bicyclic) bond motifs is 1. The summed E-state index contributed by atoms with van der Waals surface area (Å²) in [5.74, 6) is 0.503. The summed E-state index contributed by atoms with van der Waals surface area (Å²) < 4.78 is 5.15. The Morgan fingerprint density at radius 3 is 3.30 bits per heavy atom. The van der Waals surface area contributed by atoms with Gasteiger partial charge in [0.05, 0.1) is 19.1 Å². The predicted molar refractivity (Wildman–Crippen MR) is 35.1 cm³/mol. The van der Waals surface area contributed by atoms with Crippen LogP contribution in [0.2, 0.25) is 0 Å². The van der Waals surface area contributed by atoms with Gasteiger partial charge in [0.15, 0.2) is 0 Å². The van der Waals surface area contributed by atoms with Gasteiger partial charge >= 0.3 is 0 Å². The zero-order valence-electron chi connectivity index (χ0n) is 5.54. The number of hydrogen-bond donors (Lipinski definition) is 1. The maximum Gasteiger partial charge on any atom is 0.230 e. The van der Waals surface area contributed by atoms with Crippen molar-refractivity contribution in [1.29, 1.82) is 0 Å². The molecule has 10 heavy (non-hydrogen) atoms. The van der Waals surface area contributed by atoms with E-state index in [1.54, 1.807) is 6.20 Å². The highest BCUT2D eigenvalue weighted by Crippen LogP contribution is 2.23. The largest absolute Gasteiger partial charge is 0.380 e. The molecule has 2 rings (SSSR count). The van der Waals surface area contributed by atoms with Gasteiger partial charge in [0.1, 0.15) is 0 Å². The van der Waals surface area contributed by atoms with Crippen LogP contribution in [0.1, 0.15) is 0 Å². The lowest BCUT2D eigenvalue weighted by atomic mass is 9.93. The summed E-state index contributed by atoms with van der Waals surface area (Å²) in [6, 6.07) is 0. The molecule has 0 spiro atoms. The quantitative estimate of drug-likeness (QED) is 0.508. The molecule has 1 fully saturated rings. The summed E-state index contributed by atoms with van der Waals surface area (Å²) in [6.45, 7) is 1.29. The van der Waals surface area contributed by atoms with Crippen LogP contribution >= 0.6 is 0 Å². The van der Waals surface area contributed by atoms with Crippen molar-refractivity contribution in [2.45, 2.75) is 0 Å². The van der Waals surface area contributed by atoms with Gasteiger partial charge in [-0.05, 0) is 0 Å². The first-order valence-corrected chi connectivity index (χ1v) is 3.43. The number of hydrogen-bond acceptors (Lipinski definition) is 2. The number of amides is 1. The molecule has 1 N–H and O–H groups in total. The van der Waals surface area contributed by atoms with Gasteiger partial charge in [0.2, 0.25) is 5.91 Å². The summed E-state index contributed by atoms with van der Waals surface area (Å²) >= 11 is 0. The number of rotatable bonds is 0. The van der Waals surface area contributed by atoms with E-state index in [1.165, 1.54) is 0 Å². The SMILES string of the molecule is O=C1NC=CC2COCC12. The van der Waals surface area contributed by atoms with E-state index in [-0.39, 0.29) is 11.8 Å². The number of carbonyl (C=O) groups excluding carboxylic acids is 1. The first-order chi connectivity index (χ1) is 4.88. The molecule has 1 amide bonds. The Balaban J connectivity index is 2.22. The lowest BCUT2D eigenvalue weighted by Gasteiger charge is -2.16. The summed E-state index contributed by atoms with van der Waals surface area (Å²) in [5.41, 5.74) is 0. The highest BCUT2D eigenvalue weighted by Gasteiger charge is 2.33. The molecule has 1 saturated heterocycles. The van der Waals surface area contributed by atoms with Gasteiger partial charge in [0, 0.05) is 12.1 Å². The molecule has 0 aromatic carbocycles. The molecule has 54 valence electrons. The Morgan fingerprint density at radius 2 is 2.50 bits per heavy atom. The van der Waals surface area contributed by atoms with Gasteiger partial charge in [0.25, 0.3) is 0 Å². The number of ether oxygens (including phenoxy) is 1. The molecule has 2 unspecified atom stereocenters. The van der Waals surface area contributed by atoms with E-state index >= 15 is 0 Å². The molecule has 2 atom stereocenters. The van der Waals surface area contributed by atoms with Crippen LogP contribution in [0.15, 0.2) is 12.3 Å². The lowest BCUT2D eigenvalue weighted by Crippen LogP contribution is -2.34. The van der Waals surface area contributed by atoms with Crippen LogP contribution in [0.25, 0.3) is 0 Å². The van der Waals surface area contributed by atoms with Gasteiger partial charge in [-0.15, -0.1) is 0 Å². The summed E-state index contributed by atoms with van der Waals surface area (Å²) in [6.07, 6.45) is 3.71. The zero-order valence-corrected chi connectivity index (χ0v) is 5.54. The van der Waals surface area contributed by atoms with Gasteiger partial charge in [-0.3, -0.25) is 4.79 Å². The number of carbonyl (C=O) groups is 1. The molecule has 0 saturated carbocycles. The Labute approximate surface area is 59.1 Å². The van der Waals surface area contributed by atoms with E-state index in [1.807, 2.05) is 6.08 Å². The molecule has 3 heteroatoms. The summed E-state index contributed by atoms with van der Waals surface area (Å²) in [7, 11) is 0. The maximum absolute atomic E-state index is 11.0. The van der Waals surface area contributed by atoms with Gasteiger partial charge < -0.3 is 10.1 Å². The second kappa shape index (κ2) is 2.09. The minimum atomic E-state index is 0.0741. The highest BCUT2D eigenvalue weighted by molar-refractivity contribution is 5.81. The fraction of sp³-hybridized carbons (Fsp3) is 0.571. The van der Waals surface area contributed by atoms with Crippen LogP contribution in [-0.2, 0) is 9.53 Å². The molecule has 0 bridgehead atoms. The Hall–Kier alpha value is -0.830. The third-order valence-electron chi connectivity index (χ3n) is 2.03. The minimum Gasteiger partial charge on any atom is -0.380 e. The monoisotopic (exact) mass is 139 g/mol. The first kappa shape index (κ1) is 5.92. The van der Waals surface area contributed by atoms with Gasteiger partial charge in [-0.1, -0.05) is 6.08 Å². The molecule has 2 aliphatic heterocycles. The van der Waals surface area contributed by atoms with Crippen molar-refractivity contribution in [3.63, 3.8) is 0 Å². The van der Waals surface area contributed by atoms with E-state index in [4.69, 9.17) is 4.74 Å². The average Bonchev–Trinajstić information content (AvgIpc) is 2.36. The smallest absolute Gasteiger partial charge is 0.230 e. The predicted octanol–water partition coefficient (Wildman–Crippen LogP) is -0.108. The molecule has 0 aromatic heterocycles. The fourth-order valence-corrected chi connectivity index (χ4v) is 1.39. The normalized spacial score (nSPS) is 37.4. The van der Waals surface area contributed by atoms with Crippen LogP contribution in [0.5, 0.6) is 0 Å². The van der Waals surface area contributed by atoms with Crippen molar-refractivity contribution < 1.29 is 9.53 Å².